The second-order valence-electron chi connectivity index (χ2n) is 6.14. The lowest BCUT2D eigenvalue weighted by atomic mass is 10.0. The monoisotopic (exact) mass is 321 g/mol. The predicted octanol–water partition coefficient (Wildman–Crippen LogP) is 3.85. The van der Waals surface area contributed by atoms with Crippen molar-refractivity contribution in [3.63, 3.8) is 0 Å². The van der Waals surface area contributed by atoms with Gasteiger partial charge in [0.05, 0.1) is 18.5 Å². The molecule has 0 spiro atoms. The first kappa shape index (κ1) is 14.6. The molecule has 24 heavy (non-hydrogen) atoms. The number of methoxy groups -OCH3 is 1. The van der Waals surface area contributed by atoms with Gasteiger partial charge in [-0.25, -0.2) is 4.68 Å². The lowest BCUT2D eigenvalue weighted by Gasteiger charge is -2.29. The van der Waals surface area contributed by atoms with Crippen molar-refractivity contribution in [3.05, 3.63) is 59.3 Å². The average Bonchev–Trinajstić information content (AvgIpc) is 2.96. The molecule has 0 saturated heterocycles. The fourth-order valence-electron chi connectivity index (χ4n) is 3.22. The Balaban J connectivity index is 1.86. The highest BCUT2D eigenvalue weighted by Crippen LogP contribution is 2.40. The Morgan fingerprint density at radius 2 is 1.96 bits per heavy atom. The van der Waals surface area contributed by atoms with E-state index in [9.17, 15) is 5.11 Å². The maximum absolute atomic E-state index is 10.1. The highest BCUT2D eigenvalue weighted by Gasteiger charge is 2.27. The fourth-order valence-corrected chi connectivity index (χ4v) is 3.22. The van der Waals surface area contributed by atoms with Crippen LogP contribution in [-0.2, 0) is 0 Å². The Bertz CT molecular complexity index is 930. The Morgan fingerprint density at radius 3 is 2.71 bits per heavy atom. The number of hydrogen-bond donors (Lipinski definition) is 2. The maximum atomic E-state index is 10.1. The molecule has 1 aliphatic rings. The number of phenolic OH excluding ortho intramolecular Hbond substituents is 1. The van der Waals surface area contributed by atoms with Crippen LogP contribution >= 0.6 is 0 Å². The van der Waals surface area contributed by atoms with Gasteiger partial charge in [-0.2, -0.15) is 5.10 Å². The van der Waals surface area contributed by atoms with Crippen LogP contribution in [0.1, 0.15) is 23.0 Å². The van der Waals surface area contributed by atoms with Crippen LogP contribution in [-0.4, -0.2) is 22.0 Å². The second-order valence-corrected chi connectivity index (χ2v) is 6.14. The zero-order valence-electron chi connectivity index (χ0n) is 13.9. The zero-order chi connectivity index (χ0) is 16.8. The van der Waals surface area contributed by atoms with Crippen LogP contribution in [0.4, 0.5) is 5.69 Å². The molecule has 1 unspecified atom stereocenters. The van der Waals surface area contributed by atoms with E-state index in [2.05, 4.69) is 41.6 Å². The lowest BCUT2D eigenvalue weighted by molar-refractivity contribution is 0.372. The Hall–Kier alpha value is -2.95. The molecule has 0 radical (unpaired) electrons. The van der Waals surface area contributed by atoms with E-state index in [1.165, 1.54) is 5.56 Å². The average molecular weight is 321 g/mol. The molecule has 5 heteroatoms. The minimum absolute atomic E-state index is 0.122. The molecule has 1 aliphatic heterocycles. The third kappa shape index (κ3) is 2.21. The summed E-state index contributed by atoms with van der Waals surface area (Å²) in [5, 5.41) is 18.3. The van der Waals surface area contributed by atoms with E-state index in [1.54, 1.807) is 19.2 Å². The first-order valence-electron chi connectivity index (χ1n) is 7.87. The number of aromatic hydroxyl groups is 1. The standard InChI is InChI=1S/C19H19N3O2/c1-11-4-6-15-14(8-11)16-9-12(2)21-22(16)19(20-15)13-5-7-18(24-3)17(23)10-13/h4-10,19-20,23H,1-3H3. The molecule has 4 rings (SSSR count). The molecule has 0 fully saturated rings. The molecular formula is C19H19N3O2. The van der Waals surface area contributed by atoms with Gasteiger partial charge < -0.3 is 15.2 Å². The molecule has 0 saturated carbocycles. The van der Waals surface area contributed by atoms with Crippen LogP contribution < -0.4 is 10.1 Å². The third-order valence-corrected chi connectivity index (χ3v) is 4.36. The number of nitrogens with zero attached hydrogens (tertiary/aromatic N) is 2. The van der Waals surface area contributed by atoms with Gasteiger partial charge in [0.25, 0.3) is 0 Å². The van der Waals surface area contributed by atoms with E-state index in [0.29, 0.717) is 5.75 Å². The van der Waals surface area contributed by atoms with Crippen molar-refractivity contribution in [1.29, 1.82) is 0 Å². The summed E-state index contributed by atoms with van der Waals surface area (Å²) < 4.78 is 7.11. The zero-order valence-corrected chi connectivity index (χ0v) is 13.9. The quantitative estimate of drug-likeness (QED) is 0.752. The van der Waals surface area contributed by atoms with Crippen molar-refractivity contribution >= 4 is 5.69 Å². The van der Waals surface area contributed by atoms with Crippen LogP contribution in [0.3, 0.4) is 0 Å². The van der Waals surface area contributed by atoms with Crippen LogP contribution in [0.2, 0.25) is 0 Å². The summed E-state index contributed by atoms with van der Waals surface area (Å²) in [5.41, 5.74) is 6.37. The van der Waals surface area contributed by atoms with Crippen molar-refractivity contribution in [2.75, 3.05) is 12.4 Å². The summed E-state index contributed by atoms with van der Waals surface area (Å²) in [6.07, 6.45) is -0.180. The number of phenols is 1. The van der Waals surface area contributed by atoms with Crippen molar-refractivity contribution in [2.45, 2.75) is 20.0 Å². The second kappa shape index (κ2) is 5.30. The van der Waals surface area contributed by atoms with Gasteiger partial charge in [-0.05, 0) is 44.2 Å². The van der Waals surface area contributed by atoms with E-state index >= 15 is 0 Å². The molecular weight excluding hydrogens is 302 g/mol. The van der Waals surface area contributed by atoms with E-state index < -0.39 is 0 Å². The smallest absolute Gasteiger partial charge is 0.160 e. The van der Waals surface area contributed by atoms with Gasteiger partial charge in [0.1, 0.15) is 6.17 Å². The number of aryl methyl sites for hydroxylation is 2. The molecule has 1 aromatic heterocycles. The van der Waals surface area contributed by atoms with Gasteiger partial charge in [-0.3, -0.25) is 0 Å². The van der Waals surface area contributed by atoms with Crippen molar-refractivity contribution in [2.24, 2.45) is 0 Å². The van der Waals surface area contributed by atoms with Gasteiger partial charge in [-0.15, -0.1) is 0 Å². The van der Waals surface area contributed by atoms with Crippen LogP contribution in [0, 0.1) is 13.8 Å². The minimum Gasteiger partial charge on any atom is -0.504 e. The van der Waals surface area contributed by atoms with Crippen LogP contribution in [0.25, 0.3) is 11.3 Å². The number of fused-ring (bicyclic) bond motifs is 3. The Labute approximate surface area is 140 Å². The molecule has 0 aliphatic carbocycles. The molecule has 2 aromatic carbocycles. The molecule has 2 heterocycles. The van der Waals surface area contributed by atoms with E-state index in [4.69, 9.17) is 4.74 Å². The van der Waals surface area contributed by atoms with Gasteiger partial charge in [0.2, 0.25) is 0 Å². The normalized spacial score (nSPS) is 15.4. The summed E-state index contributed by atoms with van der Waals surface area (Å²) in [7, 11) is 1.54. The number of rotatable bonds is 2. The van der Waals surface area contributed by atoms with Gasteiger partial charge in [-0.1, -0.05) is 17.7 Å². The molecule has 5 nitrogen and oxygen atoms in total. The van der Waals surface area contributed by atoms with Gasteiger partial charge in [0, 0.05) is 16.8 Å². The van der Waals surface area contributed by atoms with Crippen molar-refractivity contribution in [1.82, 2.24) is 9.78 Å². The predicted molar refractivity (Wildman–Crippen MR) is 93.6 cm³/mol. The number of nitrogens with one attached hydrogen (secondary N) is 1. The van der Waals surface area contributed by atoms with Gasteiger partial charge in [0.15, 0.2) is 11.5 Å². The van der Waals surface area contributed by atoms with Crippen LogP contribution in [0.15, 0.2) is 42.5 Å². The number of benzene rings is 2. The molecule has 3 aromatic rings. The summed E-state index contributed by atoms with van der Waals surface area (Å²) >= 11 is 0. The molecule has 0 amide bonds. The van der Waals surface area contributed by atoms with E-state index in [1.807, 2.05) is 17.7 Å². The number of hydrogen-bond acceptors (Lipinski definition) is 4. The number of ether oxygens (including phenoxy) is 1. The fraction of sp³-hybridized carbons (Fsp3) is 0.211. The third-order valence-electron chi connectivity index (χ3n) is 4.36. The number of anilines is 1. The highest BCUT2D eigenvalue weighted by molar-refractivity contribution is 5.79. The van der Waals surface area contributed by atoms with Gasteiger partial charge >= 0.3 is 0 Å². The highest BCUT2D eigenvalue weighted by atomic mass is 16.5. The van der Waals surface area contributed by atoms with E-state index in [0.717, 1.165) is 28.2 Å². The first-order chi connectivity index (χ1) is 11.6. The Morgan fingerprint density at radius 1 is 1.12 bits per heavy atom. The summed E-state index contributed by atoms with van der Waals surface area (Å²) in [5.74, 6) is 0.583. The van der Waals surface area contributed by atoms with Crippen molar-refractivity contribution in [3.8, 4) is 22.8 Å². The summed E-state index contributed by atoms with van der Waals surface area (Å²) in [6.45, 7) is 4.07. The maximum Gasteiger partial charge on any atom is 0.160 e. The minimum atomic E-state index is -0.180. The molecule has 1 atom stereocenters. The van der Waals surface area contributed by atoms with Crippen LogP contribution in [0.5, 0.6) is 11.5 Å². The lowest BCUT2D eigenvalue weighted by Crippen LogP contribution is -2.25. The van der Waals surface area contributed by atoms with Crippen molar-refractivity contribution < 1.29 is 9.84 Å². The topological polar surface area (TPSA) is 59.3 Å². The van der Waals surface area contributed by atoms with E-state index in [-0.39, 0.29) is 11.9 Å². The molecule has 122 valence electrons. The molecule has 0 bridgehead atoms. The summed E-state index contributed by atoms with van der Waals surface area (Å²) in [6, 6.07) is 13.9. The largest absolute Gasteiger partial charge is 0.504 e. The molecule has 2 N–H and O–H groups in total. The summed E-state index contributed by atoms with van der Waals surface area (Å²) in [4.78, 5) is 0. The Kier molecular flexibility index (Phi) is 3.23. The first-order valence-corrected chi connectivity index (χ1v) is 7.87. The number of aromatic nitrogens is 2. The SMILES string of the molecule is COc1ccc(C2Nc3ccc(C)cc3-c3cc(C)nn32)cc1O.